The topological polar surface area (TPSA) is 134 Å². The van der Waals surface area contributed by atoms with Gasteiger partial charge in [-0.15, -0.1) is 11.3 Å². The third-order valence-electron chi connectivity index (χ3n) is 5.24. The first-order valence-corrected chi connectivity index (χ1v) is 11.1. The van der Waals surface area contributed by atoms with Gasteiger partial charge in [0.25, 0.3) is 5.91 Å². The molecule has 1 aromatic heterocycles. The first kappa shape index (κ1) is 24.2. The van der Waals surface area contributed by atoms with Gasteiger partial charge in [-0.25, -0.2) is 15.7 Å². The van der Waals surface area contributed by atoms with Gasteiger partial charge in [-0.3, -0.25) is 14.8 Å². The molecule has 0 radical (unpaired) electrons. The van der Waals surface area contributed by atoms with Crippen molar-refractivity contribution in [2.24, 2.45) is 11.6 Å². The van der Waals surface area contributed by atoms with Crippen molar-refractivity contribution in [1.82, 2.24) is 15.8 Å². The molecule has 0 saturated carbocycles. The minimum atomic E-state index is -0.584. The van der Waals surface area contributed by atoms with Crippen LogP contribution < -0.4 is 22.4 Å². The van der Waals surface area contributed by atoms with E-state index in [1.807, 2.05) is 29.6 Å². The van der Waals surface area contributed by atoms with E-state index < -0.39 is 29.7 Å². The van der Waals surface area contributed by atoms with Gasteiger partial charge in [0.1, 0.15) is 5.82 Å². The van der Waals surface area contributed by atoms with E-state index in [0.717, 1.165) is 15.6 Å². The van der Waals surface area contributed by atoms with Crippen LogP contribution in [0.1, 0.15) is 29.3 Å². The molecular weight excluding hydrogens is 445 g/mol. The molecule has 2 amide bonds. The lowest BCUT2D eigenvalue weighted by Gasteiger charge is -2.27. The van der Waals surface area contributed by atoms with Crippen LogP contribution in [0.4, 0.5) is 4.39 Å². The van der Waals surface area contributed by atoms with E-state index in [1.165, 1.54) is 35.5 Å². The molecular formula is C23H26FN5O3S. The van der Waals surface area contributed by atoms with Crippen LogP contribution in [0, 0.1) is 5.82 Å². The fraction of sp³-hybridized carbons (Fsp3) is 0.217. The van der Waals surface area contributed by atoms with Gasteiger partial charge >= 0.3 is 0 Å². The summed E-state index contributed by atoms with van der Waals surface area (Å²) in [5.74, 6) is 4.81. The van der Waals surface area contributed by atoms with Gasteiger partial charge in [-0.05, 0) is 60.0 Å². The molecule has 0 aliphatic rings. The van der Waals surface area contributed by atoms with Gasteiger partial charge in [0, 0.05) is 22.2 Å². The maximum atomic E-state index is 13.1. The van der Waals surface area contributed by atoms with Crippen LogP contribution in [0.15, 0.2) is 65.8 Å². The number of fused-ring (bicyclic) bond motifs is 1. The van der Waals surface area contributed by atoms with E-state index >= 15 is 0 Å². The normalized spacial score (nSPS) is 13.4. The number of hydrazine groups is 1. The Morgan fingerprint density at radius 1 is 1.21 bits per heavy atom. The predicted molar refractivity (Wildman–Crippen MR) is 125 cm³/mol. The summed E-state index contributed by atoms with van der Waals surface area (Å²) < 4.78 is 14.2. The molecule has 0 fully saturated rings. The zero-order chi connectivity index (χ0) is 24.0. The van der Waals surface area contributed by atoms with Gasteiger partial charge < -0.3 is 16.1 Å². The number of hydrogen-bond donors (Lipinski definition) is 5. The third-order valence-corrected chi connectivity index (χ3v) is 6.25. The fourth-order valence-corrected chi connectivity index (χ4v) is 4.32. The molecule has 2 atom stereocenters. The number of carbonyl (C=O) groups excluding carboxylic acids is 2. The highest BCUT2D eigenvalue weighted by Crippen LogP contribution is 2.27. The average Bonchev–Trinajstić information content (AvgIpc) is 3.21. The lowest BCUT2D eigenvalue weighted by Crippen LogP contribution is -2.44. The van der Waals surface area contributed by atoms with Gasteiger partial charge in [-0.2, -0.15) is 0 Å². The van der Waals surface area contributed by atoms with Crippen LogP contribution in [0.5, 0.6) is 0 Å². The van der Waals surface area contributed by atoms with Crippen molar-refractivity contribution in [2.45, 2.75) is 31.8 Å². The van der Waals surface area contributed by atoms with E-state index in [-0.39, 0.29) is 12.1 Å². The Balaban J connectivity index is 1.73. The summed E-state index contributed by atoms with van der Waals surface area (Å²) in [7, 11) is 0. The van der Waals surface area contributed by atoms with Crippen molar-refractivity contribution in [3.05, 3.63) is 82.8 Å². The van der Waals surface area contributed by atoms with Crippen LogP contribution in [0.25, 0.3) is 10.1 Å². The smallest absolute Gasteiger partial charge is 0.251 e. The highest BCUT2D eigenvalue weighted by atomic mass is 32.1. The minimum Gasteiger partial charge on any atom is -0.399 e. The SMILES string of the molecule is CC(NC(=O)c1ccc(F)cc1)/C(N)=C/N(N)C(CC(=O)NO)Cc1csc2ccccc12. The molecule has 0 spiro atoms. The number of amides is 2. The Kier molecular flexibility index (Phi) is 7.99. The monoisotopic (exact) mass is 471 g/mol. The Bertz CT molecular complexity index is 1150. The quantitative estimate of drug-likeness (QED) is 0.185. The third kappa shape index (κ3) is 6.28. The minimum absolute atomic E-state index is 0.0721. The van der Waals surface area contributed by atoms with E-state index in [1.54, 1.807) is 23.7 Å². The summed E-state index contributed by atoms with van der Waals surface area (Å²) >= 11 is 1.60. The Hall–Kier alpha value is -3.47. The summed E-state index contributed by atoms with van der Waals surface area (Å²) in [5.41, 5.74) is 9.36. The summed E-state index contributed by atoms with van der Waals surface area (Å²) in [6.45, 7) is 1.68. The standard InChI is InChI=1S/C23H26FN5O3S/c1-14(27-23(31)15-6-8-17(24)9-7-15)20(25)12-29(26)18(11-22(30)28-32)10-16-13-33-21-5-3-2-4-19(16)21/h2-9,12-14,18,32H,10-11,25-26H2,1H3,(H,27,31)(H,28,30)/b20-12-. The van der Waals surface area contributed by atoms with Gasteiger partial charge in [0.2, 0.25) is 5.91 Å². The number of nitrogens with zero attached hydrogens (tertiary/aromatic N) is 1. The maximum absolute atomic E-state index is 13.1. The second-order valence-electron chi connectivity index (χ2n) is 7.63. The molecule has 7 N–H and O–H groups in total. The molecule has 3 aromatic rings. The molecule has 174 valence electrons. The van der Waals surface area contributed by atoms with Crippen LogP contribution in [-0.2, 0) is 11.2 Å². The number of benzene rings is 2. The molecule has 0 aliphatic heterocycles. The van der Waals surface area contributed by atoms with Crippen molar-refractivity contribution in [3.8, 4) is 0 Å². The Morgan fingerprint density at radius 2 is 1.91 bits per heavy atom. The lowest BCUT2D eigenvalue weighted by atomic mass is 10.0. The molecule has 0 saturated heterocycles. The van der Waals surface area contributed by atoms with Crippen molar-refractivity contribution in [1.29, 1.82) is 0 Å². The number of carbonyl (C=O) groups is 2. The van der Waals surface area contributed by atoms with E-state index in [0.29, 0.717) is 12.0 Å². The number of thiophene rings is 1. The number of rotatable bonds is 9. The molecule has 8 nitrogen and oxygen atoms in total. The highest BCUT2D eigenvalue weighted by Gasteiger charge is 2.21. The first-order valence-electron chi connectivity index (χ1n) is 10.2. The molecule has 10 heteroatoms. The maximum Gasteiger partial charge on any atom is 0.251 e. The van der Waals surface area contributed by atoms with Crippen LogP contribution >= 0.6 is 11.3 Å². The highest BCUT2D eigenvalue weighted by molar-refractivity contribution is 7.17. The van der Waals surface area contributed by atoms with Crippen molar-refractivity contribution in [3.63, 3.8) is 0 Å². The number of hydroxylamine groups is 1. The molecule has 3 rings (SSSR count). The zero-order valence-electron chi connectivity index (χ0n) is 18.0. The lowest BCUT2D eigenvalue weighted by molar-refractivity contribution is -0.130. The van der Waals surface area contributed by atoms with E-state index in [2.05, 4.69) is 5.32 Å². The molecule has 2 unspecified atom stereocenters. The van der Waals surface area contributed by atoms with Crippen LogP contribution in [-0.4, -0.2) is 34.1 Å². The Morgan fingerprint density at radius 3 is 2.61 bits per heavy atom. The Labute approximate surface area is 194 Å². The fourth-order valence-electron chi connectivity index (χ4n) is 3.34. The predicted octanol–water partition coefficient (Wildman–Crippen LogP) is 2.64. The van der Waals surface area contributed by atoms with Crippen molar-refractivity contribution in [2.75, 3.05) is 0 Å². The molecule has 0 aliphatic carbocycles. The second-order valence-corrected chi connectivity index (χ2v) is 8.54. The number of nitrogens with one attached hydrogen (secondary N) is 2. The average molecular weight is 472 g/mol. The van der Waals surface area contributed by atoms with Crippen molar-refractivity contribution < 1.29 is 19.2 Å². The summed E-state index contributed by atoms with van der Waals surface area (Å²) in [6.07, 6.45) is 1.82. The summed E-state index contributed by atoms with van der Waals surface area (Å²) in [5, 5.41) is 16.1. The van der Waals surface area contributed by atoms with Gasteiger partial charge in [0.05, 0.1) is 18.5 Å². The first-order chi connectivity index (χ1) is 15.8. The molecule has 0 bridgehead atoms. The largest absolute Gasteiger partial charge is 0.399 e. The zero-order valence-corrected chi connectivity index (χ0v) is 18.8. The number of halogens is 1. The van der Waals surface area contributed by atoms with Crippen LogP contribution in [0.3, 0.4) is 0 Å². The second kappa shape index (κ2) is 10.9. The van der Waals surface area contributed by atoms with Gasteiger partial charge in [0.15, 0.2) is 0 Å². The number of nitrogens with two attached hydrogens (primary N) is 2. The van der Waals surface area contributed by atoms with Gasteiger partial charge in [-0.1, -0.05) is 18.2 Å². The molecule has 1 heterocycles. The number of hydrogen-bond acceptors (Lipinski definition) is 7. The molecule has 33 heavy (non-hydrogen) atoms. The van der Waals surface area contributed by atoms with Crippen molar-refractivity contribution >= 4 is 33.2 Å². The molecule has 2 aromatic carbocycles. The van der Waals surface area contributed by atoms with Crippen LogP contribution in [0.2, 0.25) is 0 Å². The summed E-state index contributed by atoms with van der Waals surface area (Å²) in [4.78, 5) is 24.3. The summed E-state index contributed by atoms with van der Waals surface area (Å²) in [6, 6.07) is 12.0. The van der Waals surface area contributed by atoms with E-state index in [4.69, 9.17) is 16.8 Å². The van der Waals surface area contributed by atoms with E-state index in [9.17, 15) is 14.0 Å².